The van der Waals surface area contributed by atoms with E-state index in [4.69, 9.17) is 0 Å². The maximum absolute atomic E-state index is 3.47. The summed E-state index contributed by atoms with van der Waals surface area (Å²) in [6.45, 7) is 6.59. The van der Waals surface area contributed by atoms with Gasteiger partial charge >= 0.3 is 0 Å². The smallest absolute Gasteiger partial charge is 0.0344 e. The molecule has 0 heterocycles. The van der Waals surface area contributed by atoms with Crippen molar-refractivity contribution >= 4 is 5.69 Å². The van der Waals surface area contributed by atoms with Crippen LogP contribution in [-0.2, 0) is 6.42 Å². The molecule has 1 nitrogen and oxygen atoms in total. The van der Waals surface area contributed by atoms with Crippen LogP contribution in [0.1, 0.15) is 32.8 Å². The van der Waals surface area contributed by atoms with Crippen LogP contribution in [-0.4, -0.2) is 6.04 Å². The maximum Gasteiger partial charge on any atom is 0.0344 e. The first kappa shape index (κ1) is 10.1. The molecular weight excluding hydrogens is 158 g/mol. The number of rotatable bonds is 4. The molecule has 1 unspecified atom stereocenters. The van der Waals surface area contributed by atoms with E-state index in [0.717, 1.165) is 12.8 Å². The molecule has 0 spiro atoms. The van der Waals surface area contributed by atoms with Gasteiger partial charge in [-0.15, -0.1) is 0 Å². The molecule has 1 N–H and O–H groups in total. The summed E-state index contributed by atoms with van der Waals surface area (Å²) in [5.41, 5.74) is 2.64. The van der Waals surface area contributed by atoms with E-state index >= 15 is 0 Å². The highest BCUT2D eigenvalue weighted by molar-refractivity contribution is 5.46. The molecule has 0 bridgehead atoms. The predicted octanol–water partition coefficient (Wildman–Crippen LogP) is 3.46. The number of anilines is 1. The van der Waals surface area contributed by atoms with Gasteiger partial charge in [-0.3, -0.25) is 0 Å². The summed E-state index contributed by atoms with van der Waals surface area (Å²) in [6.07, 6.45) is 2.27. The quantitative estimate of drug-likeness (QED) is 0.742. The molecule has 1 rings (SSSR count). The topological polar surface area (TPSA) is 12.0 Å². The summed E-state index contributed by atoms with van der Waals surface area (Å²) >= 11 is 0. The summed E-state index contributed by atoms with van der Waals surface area (Å²) in [6, 6.07) is 9.20. The van der Waals surface area contributed by atoms with E-state index < -0.39 is 0 Å². The molecule has 0 aliphatic rings. The second kappa shape index (κ2) is 4.90. The highest BCUT2D eigenvalue weighted by atomic mass is 14.9. The number of hydrogen-bond acceptors (Lipinski definition) is 1. The first-order valence-corrected chi connectivity index (χ1v) is 5.11. The molecule has 0 aliphatic carbocycles. The summed E-state index contributed by atoms with van der Waals surface area (Å²) in [4.78, 5) is 0. The normalized spacial score (nSPS) is 12.5. The Labute approximate surface area is 81.2 Å². The van der Waals surface area contributed by atoms with E-state index in [9.17, 15) is 0 Å². The van der Waals surface area contributed by atoms with E-state index in [2.05, 4.69) is 50.4 Å². The first-order chi connectivity index (χ1) is 6.26. The first-order valence-electron chi connectivity index (χ1n) is 5.11. The second-order valence-corrected chi connectivity index (χ2v) is 3.51. The molecule has 0 radical (unpaired) electrons. The molecule has 0 aromatic heterocycles. The van der Waals surface area contributed by atoms with E-state index in [1.165, 1.54) is 11.3 Å². The Kier molecular flexibility index (Phi) is 3.81. The van der Waals surface area contributed by atoms with E-state index in [-0.39, 0.29) is 0 Å². The largest absolute Gasteiger partial charge is 0.383 e. The maximum atomic E-state index is 3.47. The van der Waals surface area contributed by atoms with Gasteiger partial charge in [0.2, 0.25) is 0 Å². The highest BCUT2D eigenvalue weighted by Crippen LogP contribution is 2.12. The fraction of sp³-hybridized carbons (Fsp3) is 0.500. The van der Waals surface area contributed by atoms with Gasteiger partial charge in [0.1, 0.15) is 0 Å². The third-order valence-electron chi connectivity index (χ3n) is 2.36. The van der Waals surface area contributed by atoms with Gasteiger partial charge in [0.25, 0.3) is 0 Å². The van der Waals surface area contributed by atoms with Gasteiger partial charge in [-0.25, -0.2) is 0 Å². The van der Waals surface area contributed by atoms with Crippen molar-refractivity contribution in [3.8, 4) is 0 Å². The fourth-order valence-corrected chi connectivity index (χ4v) is 1.27. The van der Waals surface area contributed by atoms with Gasteiger partial charge in [-0.05, 0) is 37.5 Å². The molecule has 13 heavy (non-hydrogen) atoms. The van der Waals surface area contributed by atoms with Crippen molar-refractivity contribution in [1.29, 1.82) is 0 Å². The van der Waals surface area contributed by atoms with Crippen LogP contribution >= 0.6 is 0 Å². The van der Waals surface area contributed by atoms with Gasteiger partial charge < -0.3 is 5.32 Å². The summed E-state index contributed by atoms with van der Waals surface area (Å²) in [5.74, 6) is 0. The van der Waals surface area contributed by atoms with Crippen molar-refractivity contribution in [2.75, 3.05) is 5.32 Å². The Bertz CT molecular complexity index is 255. The lowest BCUT2D eigenvalue weighted by Gasteiger charge is -2.13. The van der Waals surface area contributed by atoms with E-state index in [0.29, 0.717) is 6.04 Å². The lowest BCUT2D eigenvalue weighted by molar-refractivity contribution is 0.764. The van der Waals surface area contributed by atoms with Crippen LogP contribution in [0.3, 0.4) is 0 Å². The van der Waals surface area contributed by atoms with Gasteiger partial charge in [0.05, 0.1) is 0 Å². The fourth-order valence-electron chi connectivity index (χ4n) is 1.27. The number of benzene rings is 1. The number of aryl methyl sites for hydroxylation is 1. The molecule has 1 aromatic carbocycles. The van der Waals surface area contributed by atoms with Crippen molar-refractivity contribution in [1.82, 2.24) is 0 Å². The van der Waals surface area contributed by atoms with E-state index in [1.807, 2.05) is 0 Å². The molecular formula is C12H19N. The van der Waals surface area contributed by atoms with Crippen molar-refractivity contribution in [2.45, 2.75) is 39.7 Å². The number of hydrogen-bond donors (Lipinski definition) is 1. The van der Waals surface area contributed by atoms with Crippen LogP contribution in [0.4, 0.5) is 5.69 Å². The van der Waals surface area contributed by atoms with Gasteiger partial charge in [0.15, 0.2) is 0 Å². The standard InChI is InChI=1S/C12H19N/c1-4-10(3)13-12-8-6-7-11(5-2)9-12/h6-10,13H,4-5H2,1-3H3. The highest BCUT2D eigenvalue weighted by Gasteiger charge is 1.98. The average Bonchev–Trinajstić information content (AvgIpc) is 2.18. The second-order valence-electron chi connectivity index (χ2n) is 3.51. The summed E-state index contributed by atoms with van der Waals surface area (Å²) in [5, 5.41) is 3.47. The predicted molar refractivity (Wildman–Crippen MR) is 59.2 cm³/mol. The molecule has 0 saturated heterocycles. The Hall–Kier alpha value is -0.980. The Morgan fingerprint density at radius 1 is 1.31 bits per heavy atom. The molecule has 0 amide bonds. The van der Waals surface area contributed by atoms with Crippen LogP contribution in [0.15, 0.2) is 24.3 Å². The van der Waals surface area contributed by atoms with Crippen LogP contribution in [0.5, 0.6) is 0 Å². The lowest BCUT2D eigenvalue weighted by Crippen LogP contribution is -2.13. The average molecular weight is 177 g/mol. The van der Waals surface area contributed by atoms with Crippen LogP contribution in [0.2, 0.25) is 0 Å². The van der Waals surface area contributed by atoms with Crippen LogP contribution in [0, 0.1) is 0 Å². The third kappa shape index (κ3) is 3.10. The van der Waals surface area contributed by atoms with Gasteiger partial charge in [0, 0.05) is 11.7 Å². The molecule has 1 atom stereocenters. The van der Waals surface area contributed by atoms with Crippen LogP contribution < -0.4 is 5.32 Å². The minimum Gasteiger partial charge on any atom is -0.383 e. The number of nitrogens with one attached hydrogen (secondary N) is 1. The lowest BCUT2D eigenvalue weighted by atomic mass is 10.1. The Balaban J connectivity index is 2.66. The van der Waals surface area contributed by atoms with Crippen molar-refractivity contribution in [3.05, 3.63) is 29.8 Å². The molecule has 0 aliphatic heterocycles. The molecule has 1 heteroatoms. The minimum atomic E-state index is 0.562. The summed E-state index contributed by atoms with van der Waals surface area (Å²) in [7, 11) is 0. The van der Waals surface area contributed by atoms with Crippen molar-refractivity contribution in [3.63, 3.8) is 0 Å². The molecule has 72 valence electrons. The molecule has 0 fully saturated rings. The van der Waals surface area contributed by atoms with Crippen LogP contribution in [0.25, 0.3) is 0 Å². The minimum absolute atomic E-state index is 0.562. The SMILES string of the molecule is CCc1cccc(NC(C)CC)c1. The zero-order chi connectivity index (χ0) is 9.68. The summed E-state index contributed by atoms with van der Waals surface area (Å²) < 4.78 is 0. The van der Waals surface area contributed by atoms with E-state index in [1.54, 1.807) is 0 Å². The third-order valence-corrected chi connectivity index (χ3v) is 2.36. The molecule has 0 saturated carbocycles. The zero-order valence-corrected chi connectivity index (χ0v) is 8.80. The van der Waals surface area contributed by atoms with Gasteiger partial charge in [-0.1, -0.05) is 26.0 Å². The zero-order valence-electron chi connectivity index (χ0n) is 8.80. The Morgan fingerprint density at radius 2 is 2.08 bits per heavy atom. The monoisotopic (exact) mass is 177 g/mol. The van der Waals surface area contributed by atoms with Crippen molar-refractivity contribution in [2.24, 2.45) is 0 Å². The van der Waals surface area contributed by atoms with Crippen molar-refractivity contribution < 1.29 is 0 Å². The Morgan fingerprint density at radius 3 is 2.69 bits per heavy atom. The van der Waals surface area contributed by atoms with Gasteiger partial charge in [-0.2, -0.15) is 0 Å². The molecule has 1 aromatic rings.